The van der Waals surface area contributed by atoms with Gasteiger partial charge >= 0.3 is 5.97 Å². The number of ether oxygens (including phenoxy) is 1. The summed E-state index contributed by atoms with van der Waals surface area (Å²) >= 11 is 5.96. The Morgan fingerprint density at radius 3 is 2.67 bits per heavy atom. The molecule has 1 aliphatic rings. The van der Waals surface area contributed by atoms with Crippen LogP contribution in [-0.4, -0.2) is 27.0 Å². The first-order valence-corrected chi connectivity index (χ1v) is 5.90. The lowest BCUT2D eigenvalue weighted by Crippen LogP contribution is -2.24. The Morgan fingerprint density at radius 1 is 1.48 bits per heavy atom. The first kappa shape index (κ1) is 14.7. The number of hydrogen-bond donors (Lipinski definition) is 1. The molecule has 21 heavy (non-hydrogen) atoms. The Balaban J connectivity index is 2.57. The van der Waals surface area contributed by atoms with E-state index in [0.717, 1.165) is 12.1 Å². The predicted octanol–water partition coefficient (Wildman–Crippen LogP) is 1.88. The zero-order valence-electron chi connectivity index (χ0n) is 10.2. The molecule has 0 aromatic heterocycles. The van der Waals surface area contributed by atoms with Crippen molar-refractivity contribution >= 4 is 29.3 Å². The van der Waals surface area contributed by atoms with Gasteiger partial charge in [0.25, 0.3) is 5.69 Å². The van der Waals surface area contributed by atoms with E-state index in [1.807, 2.05) is 0 Å². The highest BCUT2D eigenvalue weighted by molar-refractivity contribution is 6.34. The van der Waals surface area contributed by atoms with Crippen molar-refractivity contribution in [2.75, 3.05) is 0 Å². The molecular formula is C11H7ClN2O7. The van der Waals surface area contributed by atoms with Gasteiger partial charge in [0.2, 0.25) is 6.20 Å². The van der Waals surface area contributed by atoms with Gasteiger partial charge in [0.05, 0.1) is 20.4 Å². The molecule has 0 spiro atoms. The smallest absolute Gasteiger partial charge is 0.345 e. The second kappa shape index (κ2) is 5.37. The normalized spacial score (nSPS) is 16.5. The number of rotatable bonds is 4. The van der Waals surface area contributed by atoms with E-state index in [1.165, 1.54) is 0 Å². The summed E-state index contributed by atoms with van der Waals surface area (Å²) in [6, 6.07) is 1.11. The van der Waals surface area contributed by atoms with Crippen molar-refractivity contribution in [3.63, 3.8) is 0 Å². The van der Waals surface area contributed by atoms with Crippen LogP contribution in [0.15, 0.2) is 12.3 Å². The van der Waals surface area contributed by atoms with Gasteiger partial charge in [-0.05, 0) is 0 Å². The van der Waals surface area contributed by atoms with Crippen LogP contribution < -0.4 is 4.74 Å². The minimum atomic E-state index is -1.23. The number of nitro groups is 2. The van der Waals surface area contributed by atoms with E-state index in [9.17, 15) is 25.0 Å². The highest BCUT2D eigenvalue weighted by atomic mass is 35.5. The first-order valence-electron chi connectivity index (χ1n) is 5.52. The monoisotopic (exact) mass is 314 g/mol. The quantitative estimate of drug-likeness (QED) is 0.662. The molecule has 110 valence electrons. The first-order chi connectivity index (χ1) is 9.81. The zero-order chi connectivity index (χ0) is 15.7. The molecule has 0 amide bonds. The highest BCUT2D eigenvalue weighted by Crippen LogP contribution is 2.43. The number of carbonyl (C=O) groups is 1. The summed E-state index contributed by atoms with van der Waals surface area (Å²) in [5.41, 5.74) is -0.382. The van der Waals surface area contributed by atoms with Gasteiger partial charge in [-0.1, -0.05) is 11.6 Å². The summed E-state index contributed by atoms with van der Waals surface area (Å²) in [6.45, 7) is 0. The second-order valence-electron chi connectivity index (χ2n) is 4.12. The molecule has 0 fully saturated rings. The fourth-order valence-electron chi connectivity index (χ4n) is 1.93. The van der Waals surface area contributed by atoms with Crippen molar-refractivity contribution < 1.29 is 24.5 Å². The SMILES string of the molecule is O=C(O)C1Cc2cc([N+](=O)[O-])c(/C=C/[N+](=O)[O-])c(Cl)c2O1. The minimum Gasteiger partial charge on any atom is -0.478 e. The summed E-state index contributed by atoms with van der Waals surface area (Å²) in [6.07, 6.45) is 0.124. The molecule has 10 heteroatoms. The second-order valence-corrected chi connectivity index (χ2v) is 4.50. The fourth-order valence-corrected chi connectivity index (χ4v) is 2.26. The molecule has 1 atom stereocenters. The average molecular weight is 315 g/mol. The van der Waals surface area contributed by atoms with Crippen LogP contribution >= 0.6 is 11.6 Å². The van der Waals surface area contributed by atoms with Crippen LogP contribution in [-0.2, 0) is 11.2 Å². The van der Waals surface area contributed by atoms with Crippen molar-refractivity contribution in [3.8, 4) is 5.75 Å². The molecule has 1 N–H and O–H groups in total. The van der Waals surface area contributed by atoms with Crippen molar-refractivity contribution in [1.29, 1.82) is 0 Å². The molecule has 1 aliphatic heterocycles. The Labute approximate surface area is 121 Å². The third-order valence-electron chi connectivity index (χ3n) is 2.81. The van der Waals surface area contributed by atoms with Gasteiger partial charge in [0.15, 0.2) is 6.10 Å². The van der Waals surface area contributed by atoms with Crippen molar-refractivity contribution in [3.05, 3.63) is 48.6 Å². The van der Waals surface area contributed by atoms with Crippen LogP contribution in [0, 0.1) is 20.2 Å². The largest absolute Gasteiger partial charge is 0.478 e. The van der Waals surface area contributed by atoms with Gasteiger partial charge in [-0.15, -0.1) is 0 Å². The molecule has 9 nitrogen and oxygen atoms in total. The minimum absolute atomic E-state index is 0.00216. The number of fused-ring (bicyclic) bond motifs is 1. The molecule has 0 bridgehead atoms. The van der Waals surface area contributed by atoms with Crippen LogP contribution in [0.4, 0.5) is 5.69 Å². The van der Waals surface area contributed by atoms with E-state index < -0.39 is 27.6 Å². The number of carboxylic acids is 1. The zero-order valence-corrected chi connectivity index (χ0v) is 10.9. The van der Waals surface area contributed by atoms with Gasteiger partial charge in [0.1, 0.15) is 5.75 Å². The fraction of sp³-hybridized carbons (Fsp3) is 0.182. The van der Waals surface area contributed by atoms with Gasteiger partial charge in [-0.3, -0.25) is 20.2 Å². The van der Waals surface area contributed by atoms with Gasteiger partial charge in [-0.2, -0.15) is 0 Å². The molecule has 1 unspecified atom stereocenters. The van der Waals surface area contributed by atoms with E-state index in [0.29, 0.717) is 6.20 Å². The molecule has 1 heterocycles. The van der Waals surface area contributed by atoms with E-state index in [2.05, 4.69) is 0 Å². The molecule has 2 rings (SSSR count). The van der Waals surface area contributed by atoms with Crippen molar-refractivity contribution in [2.45, 2.75) is 12.5 Å². The summed E-state index contributed by atoms with van der Waals surface area (Å²) in [5, 5.41) is 30.0. The third-order valence-corrected chi connectivity index (χ3v) is 3.19. The summed E-state index contributed by atoms with van der Waals surface area (Å²) in [5.74, 6) is -1.23. The van der Waals surface area contributed by atoms with Crippen LogP contribution in [0.5, 0.6) is 5.75 Å². The maximum atomic E-state index is 11.0. The number of halogens is 1. The molecule has 1 aromatic rings. The molecular weight excluding hydrogens is 308 g/mol. The molecule has 0 saturated heterocycles. The molecule has 0 saturated carbocycles. The lowest BCUT2D eigenvalue weighted by atomic mass is 10.0. The van der Waals surface area contributed by atoms with Crippen LogP contribution in [0.2, 0.25) is 5.02 Å². The average Bonchev–Trinajstić information content (AvgIpc) is 2.81. The maximum absolute atomic E-state index is 11.0. The van der Waals surface area contributed by atoms with Crippen molar-refractivity contribution in [2.24, 2.45) is 0 Å². The van der Waals surface area contributed by atoms with E-state index >= 15 is 0 Å². The van der Waals surface area contributed by atoms with Gasteiger partial charge in [-0.25, -0.2) is 4.79 Å². The van der Waals surface area contributed by atoms with Gasteiger partial charge < -0.3 is 9.84 Å². The molecule has 0 radical (unpaired) electrons. The number of nitrogens with zero attached hydrogens (tertiary/aromatic N) is 2. The number of carboxylic acid groups (broad SMARTS) is 1. The van der Waals surface area contributed by atoms with E-state index in [1.54, 1.807) is 0 Å². The number of hydrogen-bond acceptors (Lipinski definition) is 6. The lowest BCUT2D eigenvalue weighted by molar-refractivity contribution is -0.401. The lowest BCUT2D eigenvalue weighted by Gasteiger charge is -2.07. The summed E-state index contributed by atoms with van der Waals surface area (Å²) in [4.78, 5) is 30.7. The van der Waals surface area contributed by atoms with Crippen LogP contribution in [0.1, 0.15) is 11.1 Å². The maximum Gasteiger partial charge on any atom is 0.345 e. The molecule has 1 aromatic carbocycles. The highest BCUT2D eigenvalue weighted by Gasteiger charge is 2.34. The number of aliphatic carboxylic acids is 1. The summed E-state index contributed by atoms with van der Waals surface area (Å²) < 4.78 is 5.12. The third kappa shape index (κ3) is 2.77. The van der Waals surface area contributed by atoms with Crippen LogP contribution in [0.25, 0.3) is 6.08 Å². The Bertz CT molecular complexity index is 686. The summed E-state index contributed by atoms with van der Waals surface area (Å²) in [7, 11) is 0. The topological polar surface area (TPSA) is 133 Å². The predicted molar refractivity (Wildman–Crippen MR) is 69.9 cm³/mol. The Hall–Kier alpha value is -2.68. The van der Waals surface area contributed by atoms with Crippen molar-refractivity contribution in [1.82, 2.24) is 0 Å². The van der Waals surface area contributed by atoms with E-state index in [-0.39, 0.29) is 28.3 Å². The number of nitro benzene ring substituents is 1. The van der Waals surface area contributed by atoms with Gasteiger partial charge in [0, 0.05) is 24.1 Å². The van der Waals surface area contributed by atoms with E-state index in [4.69, 9.17) is 21.4 Å². The Kier molecular flexibility index (Phi) is 3.76. The Morgan fingerprint density at radius 2 is 2.14 bits per heavy atom. The standard InChI is InChI=1S/C11H7ClN2O7/c12-9-6(1-2-13(17)18)7(14(19)20)3-5-4-8(11(15)16)21-10(5)9/h1-3,8H,4H2,(H,15,16)/b2-1+. The van der Waals surface area contributed by atoms with Crippen LogP contribution in [0.3, 0.4) is 0 Å². The number of benzene rings is 1. The molecule has 0 aliphatic carbocycles.